The summed E-state index contributed by atoms with van der Waals surface area (Å²) in [4.78, 5) is 18.1. The number of nitrogens with zero attached hydrogens (tertiary/aromatic N) is 3. The predicted molar refractivity (Wildman–Crippen MR) is 79.2 cm³/mol. The van der Waals surface area contributed by atoms with Crippen molar-refractivity contribution in [2.45, 2.75) is 19.3 Å². The Morgan fingerprint density at radius 2 is 2.26 bits per heavy atom. The van der Waals surface area contributed by atoms with Crippen LogP contribution in [0.1, 0.15) is 23.3 Å². The third kappa shape index (κ3) is 3.66. The first kappa shape index (κ1) is 15.4. The number of benzene rings is 1. The average molecular weight is 318 g/mol. The maximum atomic E-state index is 12.4. The fraction of sp³-hybridized carbons (Fsp3) is 0.400. The summed E-state index contributed by atoms with van der Waals surface area (Å²) >= 11 is 0. The fourth-order valence-corrected chi connectivity index (χ4v) is 2.37. The molecular formula is C15H18N4O4. The first-order valence-electron chi connectivity index (χ1n) is 7.35. The molecule has 2 aromatic rings. The van der Waals surface area contributed by atoms with E-state index >= 15 is 0 Å². The first-order valence-corrected chi connectivity index (χ1v) is 7.35. The van der Waals surface area contributed by atoms with Crippen molar-refractivity contribution in [2.24, 2.45) is 0 Å². The predicted octanol–water partition coefficient (Wildman–Crippen LogP) is 1.01. The normalized spacial score (nSPS) is 18.0. The van der Waals surface area contributed by atoms with Crippen LogP contribution in [0.4, 0.5) is 4.79 Å². The van der Waals surface area contributed by atoms with Crippen LogP contribution in [-0.2, 0) is 22.7 Å². The van der Waals surface area contributed by atoms with E-state index in [9.17, 15) is 4.79 Å². The third-order valence-corrected chi connectivity index (χ3v) is 3.56. The van der Waals surface area contributed by atoms with Crippen LogP contribution in [0.3, 0.4) is 0 Å². The number of aliphatic hydroxyl groups excluding tert-OH is 1. The molecule has 1 aromatic heterocycles. The highest BCUT2D eigenvalue weighted by atomic mass is 16.6. The number of carbonyl (C=O) groups excluding carboxylic acids is 1. The Morgan fingerprint density at radius 1 is 1.43 bits per heavy atom. The van der Waals surface area contributed by atoms with Gasteiger partial charge in [-0.1, -0.05) is 30.3 Å². The maximum Gasteiger partial charge on any atom is 0.410 e. The van der Waals surface area contributed by atoms with E-state index in [1.165, 1.54) is 0 Å². The van der Waals surface area contributed by atoms with Gasteiger partial charge < -0.3 is 14.6 Å². The van der Waals surface area contributed by atoms with Gasteiger partial charge in [0.1, 0.15) is 25.1 Å². The van der Waals surface area contributed by atoms with Crippen molar-refractivity contribution in [1.82, 2.24) is 20.1 Å². The zero-order valence-electron chi connectivity index (χ0n) is 12.5. The highest BCUT2D eigenvalue weighted by Gasteiger charge is 2.32. The van der Waals surface area contributed by atoms with Gasteiger partial charge in [-0.05, 0) is 5.56 Å². The van der Waals surface area contributed by atoms with Gasteiger partial charge in [0.05, 0.1) is 13.2 Å². The molecule has 1 amide bonds. The zero-order chi connectivity index (χ0) is 16.1. The second kappa shape index (κ2) is 7.21. The van der Waals surface area contributed by atoms with Crippen LogP contribution in [0, 0.1) is 0 Å². The molecule has 8 nitrogen and oxygen atoms in total. The molecule has 0 aliphatic carbocycles. The summed E-state index contributed by atoms with van der Waals surface area (Å²) in [6.07, 6.45) is -0.433. The van der Waals surface area contributed by atoms with Gasteiger partial charge in [-0.15, -0.1) is 0 Å². The molecule has 1 unspecified atom stereocenters. The lowest BCUT2D eigenvalue weighted by Crippen LogP contribution is -2.44. The van der Waals surface area contributed by atoms with E-state index < -0.39 is 12.1 Å². The van der Waals surface area contributed by atoms with Crippen LogP contribution < -0.4 is 0 Å². The fourth-order valence-electron chi connectivity index (χ4n) is 2.37. The lowest BCUT2D eigenvalue weighted by Gasteiger charge is -2.32. The molecule has 0 saturated carbocycles. The molecule has 2 N–H and O–H groups in total. The van der Waals surface area contributed by atoms with Gasteiger partial charge in [0.2, 0.25) is 0 Å². The van der Waals surface area contributed by atoms with Crippen LogP contribution in [0.15, 0.2) is 30.3 Å². The second-order valence-electron chi connectivity index (χ2n) is 5.12. The van der Waals surface area contributed by atoms with Gasteiger partial charge in [-0.3, -0.25) is 10.00 Å². The molecule has 1 aliphatic heterocycles. The van der Waals surface area contributed by atoms with Crippen molar-refractivity contribution >= 4 is 6.09 Å². The Balaban J connectivity index is 1.66. The summed E-state index contributed by atoms with van der Waals surface area (Å²) < 4.78 is 10.8. The number of H-pyrrole nitrogens is 1. The number of nitrogens with one attached hydrogen (secondary N) is 1. The molecule has 1 aliphatic rings. The molecule has 1 fully saturated rings. The molecule has 0 radical (unpaired) electrons. The monoisotopic (exact) mass is 318 g/mol. The van der Waals surface area contributed by atoms with Crippen LogP contribution in [0.25, 0.3) is 0 Å². The van der Waals surface area contributed by atoms with Gasteiger partial charge in [-0.25, -0.2) is 9.78 Å². The number of hydrogen-bond acceptors (Lipinski definition) is 6. The van der Waals surface area contributed by atoms with Crippen LogP contribution in [-0.4, -0.2) is 51.0 Å². The zero-order valence-corrected chi connectivity index (χ0v) is 12.5. The van der Waals surface area contributed by atoms with Gasteiger partial charge in [-0.2, -0.15) is 5.10 Å². The van der Waals surface area contributed by atoms with Crippen LogP contribution >= 0.6 is 0 Å². The van der Waals surface area contributed by atoms with E-state index in [-0.39, 0.29) is 13.2 Å². The second-order valence-corrected chi connectivity index (χ2v) is 5.12. The summed E-state index contributed by atoms with van der Waals surface area (Å²) in [7, 11) is 0. The van der Waals surface area contributed by atoms with Crippen molar-refractivity contribution in [2.75, 3.05) is 19.8 Å². The Morgan fingerprint density at radius 3 is 3.00 bits per heavy atom. The van der Waals surface area contributed by atoms with E-state index in [1.54, 1.807) is 4.90 Å². The minimum atomic E-state index is -0.433. The number of aliphatic hydroxyl groups is 1. The number of aromatic nitrogens is 3. The topological polar surface area (TPSA) is 101 Å². The van der Waals surface area contributed by atoms with E-state index in [2.05, 4.69) is 15.2 Å². The maximum absolute atomic E-state index is 12.4. The van der Waals surface area contributed by atoms with Gasteiger partial charge in [0.15, 0.2) is 5.82 Å². The first-order chi connectivity index (χ1) is 11.3. The summed E-state index contributed by atoms with van der Waals surface area (Å²) in [5.74, 6) is 0.758. The summed E-state index contributed by atoms with van der Waals surface area (Å²) in [5.41, 5.74) is 0.922. The molecule has 0 spiro atoms. The van der Waals surface area contributed by atoms with Crippen LogP contribution in [0.5, 0.6) is 0 Å². The molecule has 122 valence electrons. The molecule has 3 rings (SSSR count). The van der Waals surface area contributed by atoms with Crippen LogP contribution in [0.2, 0.25) is 0 Å². The standard InChI is InChI=1S/C15H18N4O4/c20-8-13-16-14(18-17-13)12-10-22-7-6-19(12)15(21)23-9-11-4-2-1-3-5-11/h1-5,12,20H,6-10H2,(H,16,17,18). The van der Waals surface area contributed by atoms with Crippen molar-refractivity contribution in [3.63, 3.8) is 0 Å². The highest BCUT2D eigenvalue weighted by Crippen LogP contribution is 2.22. The molecule has 23 heavy (non-hydrogen) atoms. The van der Waals surface area contributed by atoms with Crippen molar-refractivity contribution in [1.29, 1.82) is 0 Å². The lowest BCUT2D eigenvalue weighted by molar-refractivity contribution is -0.0141. The molecular weight excluding hydrogens is 300 g/mol. The summed E-state index contributed by atoms with van der Waals surface area (Å²) in [6.45, 7) is 1.11. The number of aromatic amines is 1. The number of amides is 1. The Kier molecular flexibility index (Phi) is 4.84. The number of rotatable bonds is 4. The van der Waals surface area contributed by atoms with Gasteiger partial charge in [0, 0.05) is 6.54 Å². The van der Waals surface area contributed by atoms with Crippen molar-refractivity contribution in [3.8, 4) is 0 Å². The number of ether oxygens (including phenoxy) is 2. The third-order valence-electron chi connectivity index (χ3n) is 3.56. The van der Waals surface area contributed by atoms with Crippen molar-refractivity contribution in [3.05, 3.63) is 47.5 Å². The summed E-state index contributed by atoms with van der Waals surface area (Å²) in [5, 5.41) is 15.7. The van der Waals surface area contributed by atoms with Gasteiger partial charge >= 0.3 is 6.09 Å². The molecule has 2 heterocycles. The smallest absolute Gasteiger partial charge is 0.410 e. The minimum Gasteiger partial charge on any atom is -0.445 e. The Hall–Kier alpha value is -2.45. The van der Waals surface area contributed by atoms with E-state index in [0.29, 0.717) is 31.4 Å². The molecule has 1 saturated heterocycles. The Bertz CT molecular complexity index is 646. The molecule has 8 heteroatoms. The minimum absolute atomic E-state index is 0.208. The highest BCUT2D eigenvalue weighted by molar-refractivity contribution is 5.68. The molecule has 0 bridgehead atoms. The Labute approximate surface area is 133 Å². The van der Waals surface area contributed by atoms with Crippen molar-refractivity contribution < 1.29 is 19.4 Å². The lowest BCUT2D eigenvalue weighted by atomic mass is 10.2. The van der Waals surface area contributed by atoms with Gasteiger partial charge in [0.25, 0.3) is 0 Å². The number of morpholine rings is 1. The molecule has 1 atom stereocenters. The quantitative estimate of drug-likeness (QED) is 0.872. The van der Waals surface area contributed by atoms with E-state index in [1.807, 2.05) is 30.3 Å². The average Bonchev–Trinajstić information content (AvgIpc) is 3.09. The van der Waals surface area contributed by atoms with E-state index in [4.69, 9.17) is 14.6 Å². The number of hydrogen-bond donors (Lipinski definition) is 2. The van der Waals surface area contributed by atoms with E-state index in [0.717, 1.165) is 5.56 Å². The summed E-state index contributed by atoms with van der Waals surface area (Å²) in [6, 6.07) is 9.06. The largest absolute Gasteiger partial charge is 0.445 e. The molecule has 1 aromatic carbocycles. The SMILES string of the molecule is O=C(OCc1ccccc1)N1CCOCC1c1n[nH]c(CO)n1. The number of carbonyl (C=O) groups is 1.